The largest absolute Gasteiger partial charge is 0.332 e. The summed E-state index contributed by atoms with van der Waals surface area (Å²) in [4.78, 5) is 0. The fraction of sp³-hybridized carbons (Fsp3) is 0.579. The molecule has 0 saturated carbocycles. The standard InChI is InChI=1S/C38H50I4N2S12/c1-7-11-15-19-45-35-36(46-20-16-12-8-2)52-33(51-35)27-28(34-53-37(47-21-17-13-9-3)38(54-34)48-22-18-14-10-4)50-24-26(32(42)44(6)30(24)40)56-55-25-23(49-27)29(39)43(5)31(25)41/h7-22H2,1-6H3. The molecule has 0 N–H and O–H groups in total. The average Bonchev–Trinajstić information content (AvgIpc) is 3.90. The average molecular weight is 1430 g/mol. The zero-order chi connectivity index (χ0) is 40.2. The minimum atomic E-state index is 1.21. The molecule has 5 rings (SSSR count). The quantitative estimate of drug-likeness (QED) is 0.0621. The van der Waals surface area contributed by atoms with Gasteiger partial charge in [-0.1, -0.05) is 147 Å². The second kappa shape index (κ2) is 26.9. The summed E-state index contributed by atoms with van der Waals surface area (Å²) in [6.07, 6.45) is 15.5. The highest BCUT2D eigenvalue weighted by Gasteiger charge is 2.27. The first-order valence-electron chi connectivity index (χ1n) is 19.1. The Morgan fingerprint density at radius 2 is 0.679 bits per heavy atom. The van der Waals surface area contributed by atoms with Gasteiger partial charge in [0.1, 0.15) is 7.40 Å². The first-order valence-corrected chi connectivity index (χ1v) is 34.4. The van der Waals surface area contributed by atoms with Crippen molar-refractivity contribution in [2.24, 2.45) is 14.1 Å². The minimum Gasteiger partial charge on any atom is -0.332 e. The van der Waals surface area contributed by atoms with Gasteiger partial charge >= 0.3 is 0 Å². The molecule has 0 bridgehead atoms. The van der Waals surface area contributed by atoms with Gasteiger partial charge in [0.15, 0.2) is 0 Å². The molecule has 0 fully saturated rings. The summed E-state index contributed by atoms with van der Waals surface area (Å²) in [5.74, 6) is 4.82. The molecule has 0 aliphatic carbocycles. The van der Waals surface area contributed by atoms with Gasteiger partial charge in [-0.05, 0) is 139 Å². The lowest BCUT2D eigenvalue weighted by atomic mass is 10.3. The predicted octanol–water partition coefficient (Wildman–Crippen LogP) is 18.6. The number of rotatable bonds is 20. The maximum Gasteiger partial charge on any atom is 0.100 e. The summed E-state index contributed by atoms with van der Waals surface area (Å²) >= 11 is 31.4. The van der Waals surface area contributed by atoms with E-state index in [1.54, 1.807) is 16.9 Å². The Bertz CT molecular complexity index is 1910. The van der Waals surface area contributed by atoms with Crippen molar-refractivity contribution in [2.45, 2.75) is 105 Å². The van der Waals surface area contributed by atoms with Gasteiger partial charge in [-0.2, -0.15) is 0 Å². The van der Waals surface area contributed by atoms with Gasteiger partial charge in [-0.15, -0.1) is 69.7 Å². The third-order valence-electron chi connectivity index (χ3n) is 8.53. The Morgan fingerprint density at radius 3 is 0.946 bits per heavy atom. The van der Waals surface area contributed by atoms with Gasteiger partial charge < -0.3 is 9.13 Å². The van der Waals surface area contributed by atoms with Crippen molar-refractivity contribution in [2.75, 3.05) is 23.0 Å². The maximum atomic E-state index is 2.62. The Labute approximate surface area is 439 Å². The van der Waals surface area contributed by atoms with Crippen LogP contribution < -0.4 is 9.06 Å². The van der Waals surface area contributed by atoms with Gasteiger partial charge in [0, 0.05) is 14.1 Å². The first-order chi connectivity index (χ1) is 27.1. The summed E-state index contributed by atoms with van der Waals surface area (Å²) in [5.41, 5.74) is 0. The molecule has 0 radical (unpaired) electrons. The number of thioether (sulfide) groups is 8. The van der Waals surface area contributed by atoms with E-state index in [2.05, 4.69) is 258 Å². The molecule has 3 aromatic heterocycles. The summed E-state index contributed by atoms with van der Waals surface area (Å²) in [5, 5.41) is 0. The van der Waals surface area contributed by atoms with Crippen LogP contribution in [0.2, 0.25) is 0 Å². The van der Waals surface area contributed by atoms with E-state index in [0.717, 1.165) is 0 Å². The van der Waals surface area contributed by atoms with Crippen LogP contribution in [0, 0.1) is 14.8 Å². The highest BCUT2D eigenvalue weighted by molar-refractivity contribution is 14.1. The fourth-order valence-corrected chi connectivity index (χ4v) is 29.4. The van der Waals surface area contributed by atoms with E-state index in [9.17, 15) is 0 Å². The summed E-state index contributed by atoms with van der Waals surface area (Å²) in [6.45, 7) is 9.28. The number of aromatic nitrogens is 2. The van der Waals surface area contributed by atoms with Crippen molar-refractivity contribution in [1.82, 2.24) is 9.13 Å². The van der Waals surface area contributed by atoms with Crippen LogP contribution in [0.3, 0.4) is 0 Å². The van der Waals surface area contributed by atoms with Crippen molar-refractivity contribution >= 4 is 255 Å². The molecule has 2 aliphatic rings. The number of nitrogens with zero attached hydrogens (tertiary/aromatic N) is 2. The molecule has 5 heterocycles. The van der Waals surface area contributed by atoms with E-state index in [-0.39, 0.29) is 0 Å². The number of halogens is 4. The van der Waals surface area contributed by atoms with Crippen LogP contribution in [-0.4, -0.2) is 32.1 Å². The zero-order valence-corrected chi connectivity index (χ0v) is 51.0. The lowest BCUT2D eigenvalue weighted by molar-refractivity contribution is 0.779. The number of hydrogen-bond donors (Lipinski definition) is 0. The lowest BCUT2D eigenvalue weighted by Crippen LogP contribution is -2.21. The Morgan fingerprint density at radius 1 is 0.411 bits per heavy atom. The van der Waals surface area contributed by atoms with E-state index in [1.165, 1.54) is 151 Å². The van der Waals surface area contributed by atoms with E-state index in [0.29, 0.717) is 0 Å². The van der Waals surface area contributed by atoms with Gasteiger partial charge in [0.2, 0.25) is 0 Å². The lowest BCUT2D eigenvalue weighted by Gasteiger charge is -2.04. The van der Waals surface area contributed by atoms with Crippen molar-refractivity contribution in [3.05, 3.63) is 40.8 Å². The van der Waals surface area contributed by atoms with E-state index >= 15 is 0 Å². The molecule has 0 saturated heterocycles. The van der Waals surface area contributed by atoms with Gasteiger partial charge in [-0.3, -0.25) is 0 Å². The molecule has 0 amide bonds. The molecule has 18 heteroatoms. The molecule has 0 spiro atoms. The molecular formula is C38H50I4N2S12. The molecule has 0 unspecified atom stereocenters. The molecule has 2 aliphatic heterocycles. The molecule has 2 nitrogen and oxygen atoms in total. The van der Waals surface area contributed by atoms with Crippen LogP contribution >= 0.6 is 228 Å². The zero-order valence-electron chi connectivity index (χ0n) is 32.6. The van der Waals surface area contributed by atoms with Crippen molar-refractivity contribution in [3.8, 4) is 0 Å². The summed E-state index contributed by atoms with van der Waals surface area (Å²) in [7, 11) is 8.40. The Kier molecular flexibility index (Phi) is 24.6. The van der Waals surface area contributed by atoms with E-state index < -0.39 is 0 Å². The minimum absolute atomic E-state index is 1.21. The van der Waals surface area contributed by atoms with Gasteiger partial charge in [0.05, 0.1) is 60.7 Å². The third-order valence-corrected chi connectivity index (χ3v) is 32.2. The van der Waals surface area contributed by atoms with Crippen LogP contribution in [0.25, 0.3) is 27.3 Å². The molecule has 312 valence electrons. The molecule has 3 aromatic rings. The van der Waals surface area contributed by atoms with Crippen molar-refractivity contribution in [1.29, 1.82) is 0 Å². The fourth-order valence-electron chi connectivity index (χ4n) is 5.28. The second-order valence-electron chi connectivity index (χ2n) is 13.0. The van der Waals surface area contributed by atoms with Crippen LogP contribution in [0.15, 0.2) is 16.9 Å². The molecule has 0 atom stereocenters. The summed E-state index contributed by atoms with van der Waals surface area (Å²) < 4.78 is 27.8. The normalized spacial score (nSPS) is 14.8. The SMILES string of the molecule is CCCCCSC1=C(SCCCCC)SC(=c2sc3c(I)n(C)c(I)c3ssc3c(I)n(C)c(I)c3sc2=C2SC(SCCCCC)=C(SCCCCC)S2)S1. The van der Waals surface area contributed by atoms with Crippen molar-refractivity contribution in [3.63, 3.8) is 0 Å². The number of unbranched alkanes of at least 4 members (excludes halogenated alkanes) is 8. The van der Waals surface area contributed by atoms with Crippen LogP contribution in [-0.2, 0) is 14.1 Å². The Balaban J connectivity index is 1.84. The first kappa shape index (κ1) is 51.1. The third kappa shape index (κ3) is 13.8. The molecule has 56 heavy (non-hydrogen) atoms. The predicted molar refractivity (Wildman–Crippen MR) is 315 cm³/mol. The maximum absolute atomic E-state index is 2.62. The number of fused-ring (bicyclic) bond motifs is 2. The smallest absolute Gasteiger partial charge is 0.100 e. The van der Waals surface area contributed by atoms with Gasteiger partial charge in [0.25, 0.3) is 0 Å². The summed E-state index contributed by atoms with van der Waals surface area (Å²) in [6, 6.07) is 0. The van der Waals surface area contributed by atoms with E-state index in [4.69, 9.17) is 0 Å². The highest BCUT2D eigenvalue weighted by Crippen LogP contribution is 2.60. The van der Waals surface area contributed by atoms with Crippen LogP contribution in [0.1, 0.15) is 105 Å². The van der Waals surface area contributed by atoms with Crippen LogP contribution in [0.5, 0.6) is 0 Å². The van der Waals surface area contributed by atoms with Crippen molar-refractivity contribution < 1.29 is 0 Å². The second-order valence-corrected chi connectivity index (χ2v) is 31.3. The topological polar surface area (TPSA) is 9.86 Å². The molecule has 0 aromatic carbocycles. The number of hydrogen-bond acceptors (Lipinski definition) is 12. The van der Waals surface area contributed by atoms with Crippen LogP contribution in [0.4, 0.5) is 0 Å². The monoisotopic (exact) mass is 1430 g/mol. The molecular weight excluding hydrogens is 1380 g/mol. The van der Waals surface area contributed by atoms with Gasteiger partial charge in [-0.25, -0.2) is 0 Å². The highest BCUT2D eigenvalue weighted by atomic mass is 127. The Hall–Kier alpha value is 4.12. The van der Waals surface area contributed by atoms with E-state index in [1.807, 2.05) is 20.7 Å².